The minimum atomic E-state index is -0.466. The summed E-state index contributed by atoms with van der Waals surface area (Å²) in [6.45, 7) is 3.65. The van der Waals surface area contributed by atoms with Crippen molar-refractivity contribution in [3.8, 4) is 0 Å². The van der Waals surface area contributed by atoms with E-state index in [-0.39, 0.29) is 63.1 Å². The zero-order valence-electron chi connectivity index (χ0n) is 10.7. The fourth-order valence-electron chi connectivity index (χ4n) is 1.57. The Hall–Kier alpha value is 0.126. The Morgan fingerprint density at radius 2 is 2.26 bits per heavy atom. The summed E-state index contributed by atoms with van der Waals surface area (Å²) in [4.78, 5) is 16.0. The van der Waals surface area contributed by atoms with Gasteiger partial charge in [-0.15, -0.1) is 11.3 Å². The quantitative estimate of drug-likeness (QED) is 0.258. The summed E-state index contributed by atoms with van der Waals surface area (Å²) in [6.07, 6.45) is 0. The van der Waals surface area contributed by atoms with Crippen LogP contribution in [0.5, 0.6) is 0 Å². The van der Waals surface area contributed by atoms with Gasteiger partial charge in [0.2, 0.25) is 5.11 Å². The predicted octanol–water partition coefficient (Wildman–Crippen LogP) is -4.24. The normalized spacial score (nSPS) is 15.4. The van der Waals surface area contributed by atoms with Gasteiger partial charge >= 0.3 is 51.4 Å². The number of hydrogen-bond donors (Lipinski definition) is 1. The van der Waals surface area contributed by atoms with Crippen molar-refractivity contribution >= 4 is 40.5 Å². The van der Waals surface area contributed by atoms with E-state index < -0.39 is 11.9 Å². The second-order valence-corrected chi connectivity index (χ2v) is 4.89. The third-order valence-electron chi connectivity index (χ3n) is 2.42. The molecule has 2 heterocycles. The maximum Gasteiger partial charge on any atom is 1.00 e. The molecule has 0 spiro atoms. The fourth-order valence-corrected chi connectivity index (χ4v) is 2.87. The molecule has 6 nitrogen and oxygen atoms in total. The van der Waals surface area contributed by atoms with Gasteiger partial charge in [0.1, 0.15) is 4.67 Å². The van der Waals surface area contributed by atoms with E-state index in [1.165, 1.54) is 0 Å². The number of hydrazine groups is 1. The molecule has 1 aromatic rings. The van der Waals surface area contributed by atoms with Crippen LogP contribution in [0.25, 0.3) is 5.95 Å². The summed E-state index contributed by atoms with van der Waals surface area (Å²) in [7, 11) is 0. The van der Waals surface area contributed by atoms with Crippen LogP contribution in [0.4, 0.5) is 0 Å². The van der Waals surface area contributed by atoms with Crippen molar-refractivity contribution in [2.24, 2.45) is 10.8 Å². The number of nitrogens with zero attached hydrogens (tertiary/aromatic N) is 2. The molecule has 0 atom stereocenters. The third-order valence-corrected chi connectivity index (χ3v) is 3.88. The molecule has 0 saturated heterocycles. The van der Waals surface area contributed by atoms with Crippen LogP contribution in [0, 0.1) is 6.92 Å². The molecule has 0 saturated carbocycles. The van der Waals surface area contributed by atoms with Crippen molar-refractivity contribution in [2.45, 2.75) is 13.8 Å². The summed E-state index contributed by atoms with van der Waals surface area (Å²) in [5, 5.41) is 12.5. The Balaban J connectivity index is 0.00000180. The number of thiophene rings is 1. The maximum atomic E-state index is 11.9. The average molecular weight is 323 g/mol. The van der Waals surface area contributed by atoms with E-state index in [1.807, 2.05) is 0 Å². The Labute approximate surface area is 161 Å². The maximum absolute atomic E-state index is 11.9. The van der Waals surface area contributed by atoms with Gasteiger partial charge in [0.25, 0.3) is 5.91 Å². The summed E-state index contributed by atoms with van der Waals surface area (Å²) in [5.74, 6) is 4.57. The Bertz CT molecular complexity index is 656. The zero-order chi connectivity index (χ0) is 13.4. The number of carbonyl (C=O) groups excluding carboxylic acids is 1. The molecule has 2 N–H and O–H groups in total. The Morgan fingerprint density at radius 3 is 2.84 bits per heavy atom. The van der Waals surface area contributed by atoms with E-state index in [4.69, 9.17) is 22.8 Å². The van der Waals surface area contributed by atoms with Gasteiger partial charge in [-0.3, -0.25) is 4.79 Å². The minimum absolute atomic E-state index is 0. The molecule has 19 heavy (non-hydrogen) atoms. The van der Waals surface area contributed by atoms with Gasteiger partial charge in [-0.05, 0) is 31.3 Å². The molecule has 1 aliphatic heterocycles. The first-order chi connectivity index (χ1) is 8.47. The summed E-state index contributed by atoms with van der Waals surface area (Å²) in [5.41, 5.74) is 0.847. The van der Waals surface area contributed by atoms with Crippen molar-refractivity contribution in [3.05, 3.63) is 20.3 Å². The fraction of sp³-hybridized carbons (Fsp3) is 0.300. The van der Waals surface area contributed by atoms with E-state index in [1.54, 1.807) is 13.8 Å². The SMILES string of the molecule is CCO/C([O-])=c1/sc2c(c1C)C(=O)N(N)C(=S)N=2.[K+]. The molecule has 0 unspecified atom stereocenters. The van der Waals surface area contributed by atoms with Crippen molar-refractivity contribution < 1.29 is 66.0 Å². The van der Waals surface area contributed by atoms with Crippen LogP contribution in [0.3, 0.4) is 0 Å². The van der Waals surface area contributed by atoms with Crippen molar-refractivity contribution in [1.29, 1.82) is 0 Å². The second-order valence-electron chi connectivity index (χ2n) is 3.53. The number of rotatable bonds is 2. The zero-order valence-corrected chi connectivity index (χ0v) is 15.5. The first-order valence-electron chi connectivity index (χ1n) is 5.12. The van der Waals surface area contributed by atoms with Gasteiger partial charge in [-0.2, -0.15) is 0 Å². The predicted molar refractivity (Wildman–Crippen MR) is 67.8 cm³/mol. The molecule has 1 amide bonds. The molecular weight excluding hydrogens is 313 g/mol. The number of thiocarbonyl (C=S) groups is 1. The van der Waals surface area contributed by atoms with Crippen molar-refractivity contribution in [2.75, 3.05) is 6.61 Å². The Kier molecular flexibility index (Phi) is 6.08. The summed E-state index contributed by atoms with van der Waals surface area (Å²) < 4.78 is 5.68. The first-order valence-corrected chi connectivity index (χ1v) is 6.35. The van der Waals surface area contributed by atoms with Gasteiger partial charge in [-0.1, -0.05) is 6.92 Å². The average Bonchev–Trinajstić information content (AvgIpc) is 2.64. The second kappa shape index (κ2) is 6.72. The molecule has 96 valence electrons. The minimum Gasteiger partial charge on any atom is -0.613 e. The largest absolute Gasteiger partial charge is 1.00 e. The van der Waals surface area contributed by atoms with Crippen LogP contribution in [-0.4, -0.2) is 22.6 Å². The van der Waals surface area contributed by atoms with Crippen molar-refractivity contribution in [1.82, 2.24) is 5.01 Å². The van der Waals surface area contributed by atoms with E-state index in [0.717, 1.165) is 16.3 Å². The monoisotopic (exact) mass is 323 g/mol. The molecule has 1 aliphatic rings. The number of amides is 1. The number of carbonyl (C=O) groups is 1. The number of fused-ring (bicyclic) bond motifs is 1. The number of nitrogens with two attached hydrogens (primary N) is 1. The number of ether oxygens (including phenoxy) is 1. The summed E-state index contributed by atoms with van der Waals surface area (Å²) >= 11 is 5.94. The van der Waals surface area contributed by atoms with Crippen molar-refractivity contribution in [3.63, 3.8) is 0 Å². The van der Waals surface area contributed by atoms with Crippen LogP contribution in [0.1, 0.15) is 22.8 Å². The third kappa shape index (κ3) is 3.08. The molecule has 9 heteroatoms. The molecule has 0 bridgehead atoms. The molecule has 2 rings (SSSR count). The van der Waals surface area contributed by atoms with Crippen LogP contribution in [0.2, 0.25) is 0 Å². The van der Waals surface area contributed by atoms with Crippen LogP contribution in [0.15, 0.2) is 4.99 Å². The topological polar surface area (TPSA) is 91.0 Å². The molecular formula is C10H10KN3O3S2. The molecule has 0 fully saturated rings. The number of hydrogen-bond acceptors (Lipinski definition) is 6. The van der Waals surface area contributed by atoms with E-state index >= 15 is 0 Å². The molecule has 0 aliphatic carbocycles. The van der Waals surface area contributed by atoms with E-state index in [2.05, 4.69) is 4.99 Å². The Morgan fingerprint density at radius 1 is 1.63 bits per heavy atom. The van der Waals surface area contributed by atoms with Crippen LogP contribution < -0.4 is 71.5 Å². The van der Waals surface area contributed by atoms with Gasteiger partial charge in [0, 0.05) is 0 Å². The van der Waals surface area contributed by atoms with E-state index in [9.17, 15) is 9.90 Å². The van der Waals surface area contributed by atoms with E-state index in [0.29, 0.717) is 20.3 Å². The smallest absolute Gasteiger partial charge is 0.613 e. The van der Waals surface area contributed by atoms with Gasteiger partial charge in [0.05, 0.1) is 16.0 Å². The van der Waals surface area contributed by atoms with Gasteiger partial charge < -0.3 is 9.84 Å². The first kappa shape index (κ1) is 17.2. The molecule has 0 radical (unpaired) electrons. The van der Waals surface area contributed by atoms with Gasteiger partial charge in [-0.25, -0.2) is 15.8 Å². The summed E-state index contributed by atoms with van der Waals surface area (Å²) in [6, 6.07) is 0. The standard InChI is InChI=1S/C10H11N3O3S2.K/c1-3-16-9(15)6-4(2)5-7(18-6)12-10(17)13(11)8(5)14;/h15H,3,11H2,1-2H3;/q;+1/p-1/b9-6+;. The van der Waals surface area contributed by atoms with Crippen LogP contribution >= 0.6 is 23.6 Å². The molecule has 1 aromatic heterocycles. The van der Waals surface area contributed by atoms with Gasteiger partial charge in [0.15, 0.2) is 0 Å². The molecule has 0 aromatic carbocycles. The van der Waals surface area contributed by atoms with Crippen LogP contribution in [-0.2, 0) is 4.74 Å².